The molecule has 138 valence electrons. The van der Waals surface area contributed by atoms with Crippen LogP contribution in [0.25, 0.3) is 0 Å². The van der Waals surface area contributed by atoms with Crippen molar-refractivity contribution in [1.82, 2.24) is 20.4 Å². The molecule has 2 heterocycles. The van der Waals surface area contributed by atoms with Gasteiger partial charge in [0, 0.05) is 51.7 Å². The SMILES string of the molecule is CCC(=O)N1CCC(NC(=NC)NCCCN2CCCCC2C)C1. The third-order valence-electron chi connectivity index (χ3n) is 5.26. The predicted molar refractivity (Wildman–Crippen MR) is 99.3 cm³/mol. The van der Waals surface area contributed by atoms with Crippen LogP contribution in [0.1, 0.15) is 52.4 Å². The second-order valence-corrected chi connectivity index (χ2v) is 7.06. The van der Waals surface area contributed by atoms with Gasteiger partial charge < -0.3 is 20.4 Å². The molecule has 2 aliphatic rings. The number of nitrogens with one attached hydrogen (secondary N) is 2. The Labute approximate surface area is 147 Å². The molecule has 6 nitrogen and oxygen atoms in total. The van der Waals surface area contributed by atoms with Crippen LogP contribution in [0.3, 0.4) is 0 Å². The highest BCUT2D eigenvalue weighted by atomic mass is 16.2. The highest BCUT2D eigenvalue weighted by molar-refractivity contribution is 5.80. The van der Waals surface area contributed by atoms with Crippen LogP contribution in [0.5, 0.6) is 0 Å². The van der Waals surface area contributed by atoms with Gasteiger partial charge in [0.05, 0.1) is 0 Å². The number of aliphatic imine (C=N–C) groups is 1. The first-order chi connectivity index (χ1) is 11.6. The molecule has 0 aromatic rings. The van der Waals surface area contributed by atoms with Gasteiger partial charge in [0.1, 0.15) is 0 Å². The van der Waals surface area contributed by atoms with Gasteiger partial charge in [-0.2, -0.15) is 0 Å². The Hall–Kier alpha value is -1.30. The Kier molecular flexibility index (Phi) is 7.82. The normalized spacial score (nSPS) is 25.8. The minimum Gasteiger partial charge on any atom is -0.356 e. The molecule has 2 rings (SSSR count). The van der Waals surface area contributed by atoms with Crippen molar-refractivity contribution in [3.05, 3.63) is 0 Å². The summed E-state index contributed by atoms with van der Waals surface area (Å²) in [6, 6.07) is 1.05. The Balaban J connectivity index is 1.63. The number of hydrogen-bond donors (Lipinski definition) is 2. The van der Waals surface area contributed by atoms with Crippen molar-refractivity contribution in [3.8, 4) is 0 Å². The first-order valence-electron chi connectivity index (χ1n) is 9.63. The second-order valence-electron chi connectivity index (χ2n) is 7.06. The molecule has 0 aliphatic carbocycles. The molecule has 2 saturated heterocycles. The number of piperidine rings is 1. The summed E-state index contributed by atoms with van der Waals surface area (Å²) in [6.45, 7) is 9.26. The summed E-state index contributed by atoms with van der Waals surface area (Å²) in [6.07, 6.45) is 6.79. The van der Waals surface area contributed by atoms with E-state index < -0.39 is 0 Å². The van der Waals surface area contributed by atoms with E-state index in [2.05, 4.69) is 27.4 Å². The van der Waals surface area contributed by atoms with E-state index in [1.54, 1.807) is 0 Å². The zero-order valence-electron chi connectivity index (χ0n) is 15.7. The molecule has 0 spiro atoms. The first-order valence-corrected chi connectivity index (χ1v) is 9.63. The molecule has 2 N–H and O–H groups in total. The molecule has 24 heavy (non-hydrogen) atoms. The largest absolute Gasteiger partial charge is 0.356 e. The standard InChI is InChI=1S/C18H35N5O/c1-4-17(24)23-13-9-16(14-23)21-18(19-3)20-10-7-12-22-11-6-5-8-15(22)2/h15-16H,4-14H2,1-3H3,(H2,19,20,21). The second kappa shape index (κ2) is 9.87. The molecule has 6 heteroatoms. The fraction of sp³-hybridized carbons (Fsp3) is 0.889. The lowest BCUT2D eigenvalue weighted by Gasteiger charge is -2.33. The topological polar surface area (TPSA) is 60.0 Å². The summed E-state index contributed by atoms with van der Waals surface area (Å²) >= 11 is 0. The number of carbonyl (C=O) groups excluding carboxylic acids is 1. The summed E-state index contributed by atoms with van der Waals surface area (Å²) in [5, 5.41) is 6.87. The van der Waals surface area contributed by atoms with Crippen molar-refractivity contribution in [2.24, 2.45) is 4.99 Å². The van der Waals surface area contributed by atoms with Gasteiger partial charge >= 0.3 is 0 Å². The Morgan fingerprint density at radius 3 is 2.79 bits per heavy atom. The molecule has 2 aliphatic heterocycles. The summed E-state index contributed by atoms with van der Waals surface area (Å²) < 4.78 is 0. The average Bonchev–Trinajstić information content (AvgIpc) is 3.06. The van der Waals surface area contributed by atoms with Crippen molar-refractivity contribution < 1.29 is 4.79 Å². The van der Waals surface area contributed by atoms with E-state index in [1.165, 1.54) is 25.8 Å². The monoisotopic (exact) mass is 337 g/mol. The summed E-state index contributed by atoms with van der Waals surface area (Å²) in [7, 11) is 1.81. The van der Waals surface area contributed by atoms with Gasteiger partial charge in [-0.3, -0.25) is 9.79 Å². The smallest absolute Gasteiger partial charge is 0.222 e. The van der Waals surface area contributed by atoms with E-state index in [0.717, 1.165) is 51.0 Å². The molecule has 2 unspecified atom stereocenters. The Morgan fingerprint density at radius 1 is 1.25 bits per heavy atom. The zero-order chi connectivity index (χ0) is 17.4. The molecular weight excluding hydrogens is 302 g/mol. The maximum absolute atomic E-state index is 11.8. The summed E-state index contributed by atoms with van der Waals surface area (Å²) in [4.78, 5) is 20.6. The lowest BCUT2D eigenvalue weighted by Crippen LogP contribution is -2.46. The van der Waals surface area contributed by atoms with Gasteiger partial charge in [-0.15, -0.1) is 0 Å². The van der Waals surface area contributed by atoms with Crippen LogP contribution >= 0.6 is 0 Å². The number of amides is 1. The van der Waals surface area contributed by atoms with Crippen LogP contribution in [0.2, 0.25) is 0 Å². The Morgan fingerprint density at radius 2 is 2.08 bits per heavy atom. The third-order valence-corrected chi connectivity index (χ3v) is 5.26. The molecule has 0 bridgehead atoms. The molecule has 2 atom stereocenters. The number of hydrogen-bond acceptors (Lipinski definition) is 3. The fourth-order valence-corrected chi connectivity index (χ4v) is 3.69. The fourth-order valence-electron chi connectivity index (χ4n) is 3.69. The third kappa shape index (κ3) is 5.65. The first kappa shape index (κ1) is 19.0. The molecule has 0 radical (unpaired) electrons. The van der Waals surface area contributed by atoms with Crippen molar-refractivity contribution in [3.63, 3.8) is 0 Å². The molecule has 2 fully saturated rings. The van der Waals surface area contributed by atoms with Gasteiger partial charge in [-0.05, 0) is 39.2 Å². The number of nitrogens with zero attached hydrogens (tertiary/aromatic N) is 3. The van der Waals surface area contributed by atoms with Crippen molar-refractivity contribution in [2.45, 2.75) is 64.5 Å². The van der Waals surface area contributed by atoms with E-state index >= 15 is 0 Å². The lowest BCUT2D eigenvalue weighted by molar-refractivity contribution is -0.129. The molecule has 0 aromatic carbocycles. The number of guanidine groups is 1. The van der Waals surface area contributed by atoms with Crippen LogP contribution in [-0.4, -0.2) is 73.5 Å². The van der Waals surface area contributed by atoms with Crippen LogP contribution < -0.4 is 10.6 Å². The van der Waals surface area contributed by atoms with Crippen molar-refractivity contribution in [1.29, 1.82) is 0 Å². The van der Waals surface area contributed by atoms with E-state index in [1.807, 2.05) is 18.9 Å². The Bertz CT molecular complexity index is 426. The lowest BCUT2D eigenvalue weighted by atomic mass is 10.0. The highest BCUT2D eigenvalue weighted by Crippen LogP contribution is 2.16. The molecular formula is C18H35N5O. The van der Waals surface area contributed by atoms with Gasteiger partial charge in [-0.1, -0.05) is 13.3 Å². The number of carbonyl (C=O) groups is 1. The predicted octanol–water partition coefficient (Wildman–Crippen LogP) is 1.43. The van der Waals surface area contributed by atoms with E-state index in [9.17, 15) is 4.79 Å². The zero-order valence-corrected chi connectivity index (χ0v) is 15.7. The van der Waals surface area contributed by atoms with Crippen LogP contribution in [0.15, 0.2) is 4.99 Å². The van der Waals surface area contributed by atoms with Gasteiger partial charge in [0.15, 0.2) is 5.96 Å². The summed E-state index contributed by atoms with van der Waals surface area (Å²) in [5.41, 5.74) is 0. The van der Waals surface area contributed by atoms with Crippen LogP contribution in [0, 0.1) is 0 Å². The average molecular weight is 338 g/mol. The minimum absolute atomic E-state index is 0.248. The van der Waals surface area contributed by atoms with E-state index in [-0.39, 0.29) is 5.91 Å². The maximum Gasteiger partial charge on any atom is 0.222 e. The number of likely N-dealkylation sites (tertiary alicyclic amines) is 2. The van der Waals surface area contributed by atoms with Gasteiger partial charge in [0.2, 0.25) is 5.91 Å². The van der Waals surface area contributed by atoms with E-state index in [4.69, 9.17) is 0 Å². The van der Waals surface area contributed by atoms with Crippen molar-refractivity contribution >= 4 is 11.9 Å². The molecule has 0 aromatic heterocycles. The van der Waals surface area contributed by atoms with Crippen LogP contribution in [0.4, 0.5) is 0 Å². The molecule has 1 amide bonds. The summed E-state index contributed by atoms with van der Waals surface area (Å²) in [5.74, 6) is 1.11. The maximum atomic E-state index is 11.8. The highest BCUT2D eigenvalue weighted by Gasteiger charge is 2.25. The quantitative estimate of drug-likeness (QED) is 0.437. The van der Waals surface area contributed by atoms with Gasteiger partial charge in [-0.25, -0.2) is 0 Å². The minimum atomic E-state index is 0.248. The van der Waals surface area contributed by atoms with Crippen molar-refractivity contribution in [2.75, 3.05) is 39.8 Å². The van der Waals surface area contributed by atoms with Crippen LogP contribution in [-0.2, 0) is 4.79 Å². The van der Waals surface area contributed by atoms with Gasteiger partial charge in [0.25, 0.3) is 0 Å². The molecule has 0 saturated carbocycles. The number of rotatable bonds is 6. The van der Waals surface area contributed by atoms with E-state index in [0.29, 0.717) is 12.5 Å².